The smallest absolute Gasteiger partial charge is 0.219 e. The van der Waals surface area contributed by atoms with Crippen LogP contribution in [0.2, 0.25) is 5.02 Å². The summed E-state index contributed by atoms with van der Waals surface area (Å²) >= 11 is 5.96. The van der Waals surface area contributed by atoms with Crippen molar-refractivity contribution in [3.05, 3.63) is 77.6 Å². The minimum absolute atomic E-state index is 0.115. The maximum Gasteiger partial charge on any atom is 0.219 e. The molecule has 2 aliphatic rings. The van der Waals surface area contributed by atoms with Gasteiger partial charge in [0.05, 0.1) is 19.5 Å². The third kappa shape index (κ3) is 5.33. The van der Waals surface area contributed by atoms with Gasteiger partial charge in [-0.15, -0.1) is 0 Å². The fourth-order valence-electron chi connectivity index (χ4n) is 4.60. The van der Waals surface area contributed by atoms with Gasteiger partial charge in [0.15, 0.2) is 0 Å². The van der Waals surface area contributed by atoms with Crippen molar-refractivity contribution < 1.29 is 23.4 Å². The number of halogens is 2. The molecule has 10 heteroatoms. The van der Waals surface area contributed by atoms with E-state index in [2.05, 4.69) is 9.88 Å². The van der Waals surface area contributed by atoms with Crippen molar-refractivity contribution in [2.75, 3.05) is 44.3 Å². The first-order valence-electron chi connectivity index (χ1n) is 11.9. The fraction of sp³-hybridized carbons (Fsp3) is 0.385. The molecule has 1 aromatic heterocycles. The van der Waals surface area contributed by atoms with E-state index in [-0.39, 0.29) is 31.2 Å². The highest BCUT2D eigenvalue weighted by Gasteiger charge is 2.45. The van der Waals surface area contributed by atoms with Gasteiger partial charge in [0.1, 0.15) is 24.3 Å². The molecule has 0 spiro atoms. The number of carbonyl (C=O) groups is 1. The Balaban J connectivity index is 1.22. The Hall–Kier alpha value is -3.14. The molecule has 0 N–H and O–H groups in total. The number of piperazine rings is 1. The first-order valence-corrected chi connectivity index (χ1v) is 12.3. The Labute approximate surface area is 214 Å². The summed E-state index contributed by atoms with van der Waals surface area (Å²) in [5, 5.41) is 0.302. The van der Waals surface area contributed by atoms with Crippen molar-refractivity contribution >= 4 is 23.2 Å². The van der Waals surface area contributed by atoms with Gasteiger partial charge in [-0.1, -0.05) is 11.6 Å². The largest absolute Gasteiger partial charge is 0.491 e. The lowest BCUT2D eigenvalue weighted by Gasteiger charge is -2.35. The summed E-state index contributed by atoms with van der Waals surface area (Å²) in [7, 11) is 0. The molecular formula is C26H28ClFN4O4. The summed E-state index contributed by atoms with van der Waals surface area (Å²) in [4.78, 5) is 19.7. The first kappa shape index (κ1) is 24.5. The molecule has 190 valence electrons. The molecule has 0 radical (unpaired) electrons. The molecule has 36 heavy (non-hydrogen) atoms. The summed E-state index contributed by atoms with van der Waals surface area (Å²) in [6, 6.07) is 12.3. The third-order valence-electron chi connectivity index (χ3n) is 6.51. The molecule has 2 saturated heterocycles. The predicted octanol–water partition coefficient (Wildman–Crippen LogP) is 3.69. The van der Waals surface area contributed by atoms with E-state index < -0.39 is 17.7 Å². The quantitative estimate of drug-likeness (QED) is 0.479. The van der Waals surface area contributed by atoms with E-state index in [0.29, 0.717) is 10.8 Å². The van der Waals surface area contributed by atoms with Crippen LogP contribution in [0.5, 0.6) is 5.75 Å². The van der Waals surface area contributed by atoms with Gasteiger partial charge in [0, 0.05) is 61.8 Å². The van der Waals surface area contributed by atoms with Crippen LogP contribution in [-0.2, 0) is 26.6 Å². The molecule has 3 aromatic rings. The maximum absolute atomic E-state index is 14.9. The lowest BCUT2D eigenvalue weighted by atomic mass is 10.0. The molecule has 0 saturated carbocycles. The van der Waals surface area contributed by atoms with E-state index >= 15 is 0 Å². The van der Waals surface area contributed by atoms with E-state index in [1.54, 1.807) is 42.3 Å². The predicted molar refractivity (Wildman–Crippen MR) is 133 cm³/mol. The zero-order chi connectivity index (χ0) is 25.1. The normalized spacial score (nSPS) is 22.1. The topological polar surface area (TPSA) is 69.1 Å². The molecule has 0 unspecified atom stereocenters. The van der Waals surface area contributed by atoms with E-state index in [0.717, 1.165) is 31.9 Å². The Morgan fingerprint density at radius 1 is 1.19 bits per heavy atom. The van der Waals surface area contributed by atoms with Gasteiger partial charge >= 0.3 is 0 Å². The van der Waals surface area contributed by atoms with E-state index in [9.17, 15) is 9.18 Å². The van der Waals surface area contributed by atoms with E-state index in [1.807, 2.05) is 29.2 Å². The second-order valence-electron chi connectivity index (χ2n) is 8.96. The number of benzene rings is 2. The van der Waals surface area contributed by atoms with Gasteiger partial charge in [-0.05, 0) is 42.5 Å². The van der Waals surface area contributed by atoms with Crippen molar-refractivity contribution in [1.29, 1.82) is 0 Å². The van der Waals surface area contributed by atoms with Gasteiger partial charge < -0.3 is 28.6 Å². The lowest BCUT2D eigenvalue weighted by Crippen LogP contribution is -2.48. The van der Waals surface area contributed by atoms with Crippen LogP contribution in [0.3, 0.4) is 0 Å². The Morgan fingerprint density at radius 2 is 1.97 bits per heavy atom. The first-order chi connectivity index (χ1) is 17.4. The molecule has 0 aliphatic carbocycles. The van der Waals surface area contributed by atoms with Crippen LogP contribution < -0.4 is 9.64 Å². The molecule has 2 atom stereocenters. The summed E-state index contributed by atoms with van der Waals surface area (Å²) in [5.41, 5.74) is 1.36. The van der Waals surface area contributed by atoms with Gasteiger partial charge in [-0.25, -0.2) is 9.37 Å². The summed E-state index contributed by atoms with van der Waals surface area (Å²) in [5.74, 6) is -1.00. The van der Waals surface area contributed by atoms with Crippen LogP contribution in [0.25, 0.3) is 0 Å². The van der Waals surface area contributed by atoms with Crippen LogP contribution >= 0.6 is 11.6 Å². The molecule has 3 heterocycles. The number of ether oxygens (including phenoxy) is 3. The Morgan fingerprint density at radius 3 is 2.64 bits per heavy atom. The number of aromatic nitrogens is 2. The summed E-state index contributed by atoms with van der Waals surface area (Å²) in [6.07, 6.45) is 4.65. The van der Waals surface area contributed by atoms with Crippen LogP contribution in [-0.4, -0.2) is 65.9 Å². The van der Waals surface area contributed by atoms with Crippen molar-refractivity contribution in [1.82, 2.24) is 14.5 Å². The molecule has 2 fully saturated rings. The summed E-state index contributed by atoms with van der Waals surface area (Å²) in [6.45, 7) is 5.37. The Kier molecular flexibility index (Phi) is 7.13. The molecule has 0 bridgehead atoms. The van der Waals surface area contributed by atoms with Gasteiger partial charge in [0.25, 0.3) is 0 Å². The van der Waals surface area contributed by atoms with Crippen molar-refractivity contribution in [3.63, 3.8) is 0 Å². The standard InChI is InChI=1S/C26H28ClFN4O4/c1-19(33)31-10-12-32(13-11-31)21-3-5-22(6-4-21)34-15-23-16-35-26(36-23,17-30-9-8-29-18-30)24-7-2-20(27)14-25(24)28/h2-9,14,18,23H,10-13,15-17H2,1H3/t23-,26-/m0/s1. The van der Waals surface area contributed by atoms with Gasteiger partial charge in [-0.3, -0.25) is 4.79 Å². The zero-order valence-electron chi connectivity index (χ0n) is 20.0. The SMILES string of the molecule is CC(=O)N1CCN(c2ccc(OC[C@H]3CO[C@](Cn4ccnc4)(c4ccc(Cl)cc4F)O3)cc2)CC1. The Bertz CT molecular complexity index is 1190. The van der Waals surface area contributed by atoms with E-state index in [1.165, 1.54) is 6.07 Å². The highest BCUT2D eigenvalue weighted by atomic mass is 35.5. The number of rotatable bonds is 7. The van der Waals surface area contributed by atoms with Gasteiger partial charge in [0.2, 0.25) is 11.7 Å². The zero-order valence-corrected chi connectivity index (χ0v) is 20.7. The highest BCUT2D eigenvalue weighted by Crippen LogP contribution is 2.38. The average Bonchev–Trinajstić information content (AvgIpc) is 3.54. The highest BCUT2D eigenvalue weighted by molar-refractivity contribution is 6.30. The number of hydrogen-bond donors (Lipinski definition) is 0. The molecular weight excluding hydrogens is 487 g/mol. The molecule has 8 nitrogen and oxygen atoms in total. The average molecular weight is 515 g/mol. The number of carbonyl (C=O) groups excluding carboxylic acids is 1. The lowest BCUT2D eigenvalue weighted by molar-refractivity contribution is -0.191. The molecule has 5 rings (SSSR count). The minimum atomic E-state index is -1.32. The van der Waals surface area contributed by atoms with Crippen molar-refractivity contribution in [2.24, 2.45) is 0 Å². The second kappa shape index (κ2) is 10.5. The van der Waals surface area contributed by atoms with Gasteiger partial charge in [-0.2, -0.15) is 0 Å². The molecule has 1 amide bonds. The van der Waals surface area contributed by atoms with Crippen LogP contribution in [0.1, 0.15) is 12.5 Å². The number of amides is 1. The minimum Gasteiger partial charge on any atom is -0.491 e. The van der Waals surface area contributed by atoms with Crippen molar-refractivity contribution in [3.8, 4) is 5.75 Å². The maximum atomic E-state index is 14.9. The molecule has 2 aromatic carbocycles. The van der Waals surface area contributed by atoms with Crippen LogP contribution in [0.15, 0.2) is 61.2 Å². The second-order valence-corrected chi connectivity index (χ2v) is 9.40. The number of nitrogens with zero attached hydrogens (tertiary/aromatic N) is 4. The fourth-order valence-corrected chi connectivity index (χ4v) is 4.76. The third-order valence-corrected chi connectivity index (χ3v) is 6.75. The monoisotopic (exact) mass is 514 g/mol. The van der Waals surface area contributed by atoms with Crippen molar-refractivity contribution in [2.45, 2.75) is 25.4 Å². The van der Waals surface area contributed by atoms with E-state index in [4.69, 9.17) is 25.8 Å². The number of anilines is 1. The number of imidazole rings is 1. The van der Waals surface area contributed by atoms with Crippen LogP contribution in [0.4, 0.5) is 10.1 Å². The number of hydrogen-bond acceptors (Lipinski definition) is 6. The molecule has 2 aliphatic heterocycles. The van der Waals surface area contributed by atoms with Crippen LogP contribution in [0, 0.1) is 5.82 Å². The summed E-state index contributed by atoms with van der Waals surface area (Å²) < 4.78 is 35.0.